The number of likely N-dealkylation sites (tertiary alicyclic amines) is 1. The van der Waals surface area contributed by atoms with Gasteiger partial charge in [0.1, 0.15) is 0 Å². The summed E-state index contributed by atoms with van der Waals surface area (Å²) in [4.78, 5) is 2.59. The van der Waals surface area contributed by atoms with Crippen LogP contribution in [-0.2, 0) is 10.0 Å². The van der Waals surface area contributed by atoms with Crippen molar-refractivity contribution in [2.45, 2.75) is 24.7 Å². The zero-order chi connectivity index (χ0) is 16.4. The Balaban J connectivity index is 1.78. The van der Waals surface area contributed by atoms with E-state index in [0.29, 0.717) is 11.6 Å². The molecule has 0 spiro atoms. The molecule has 0 saturated carbocycles. The molecule has 0 amide bonds. The highest BCUT2D eigenvalue weighted by Crippen LogP contribution is 2.22. The first-order chi connectivity index (χ1) is 11.0. The predicted octanol–water partition coefficient (Wildman–Crippen LogP) is 3.15. The van der Waals surface area contributed by atoms with Gasteiger partial charge in [0.2, 0.25) is 10.0 Å². The molecule has 1 fully saturated rings. The summed E-state index contributed by atoms with van der Waals surface area (Å²) in [6.07, 6.45) is 2.29. The van der Waals surface area contributed by atoms with Gasteiger partial charge >= 0.3 is 0 Å². The van der Waals surface area contributed by atoms with Crippen molar-refractivity contribution in [1.29, 1.82) is 0 Å². The van der Waals surface area contributed by atoms with E-state index in [-0.39, 0.29) is 0 Å². The quantitative estimate of drug-likeness (QED) is 0.863. The van der Waals surface area contributed by atoms with Gasteiger partial charge in [0.05, 0.1) is 11.6 Å². The Morgan fingerprint density at radius 3 is 2.43 bits per heavy atom. The number of fused-ring (bicyclic) bond motifs is 1. The molecule has 1 saturated heterocycles. The average molecular weight is 332 g/mol. The lowest BCUT2D eigenvalue weighted by molar-refractivity contribution is 0.152. The number of sulfonamides is 1. The van der Waals surface area contributed by atoms with Gasteiger partial charge in [-0.2, -0.15) is 4.31 Å². The minimum atomic E-state index is -3.45. The van der Waals surface area contributed by atoms with Crippen LogP contribution in [0.4, 0.5) is 0 Å². The first-order valence-electron chi connectivity index (χ1n) is 8.14. The second-order valence-electron chi connectivity index (χ2n) is 6.55. The van der Waals surface area contributed by atoms with E-state index in [0.717, 1.165) is 42.6 Å². The monoisotopic (exact) mass is 332 g/mol. The second kappa shape index (κ2) is 6.59. The molecule has 1 heterocycles. The maximum Gasteiger partial charge on any atom is 0.243 e. The van der Waals surface area contributed by atoms with Crippen LogP contribution in [-0.4, -0.2) is 44.4 Å². The van der Waals surface area contributed by atoms with Crippen LogP contribution < -0.4 is 0 Å². The van der Waals surface area contributed by atoms with Crippen LogP contribution in [0.5, 0.6) is 0 Å². The number of nitrogens with zero attached hydrogens (tertiary/aromatic N) is 2. The van der Waals surface area contributed by atoms with E-state index in [2.05, 4.69) is 11.8 Å². The normalized spacial score (nSPS) is 17.9. The molecular formula is C18H24N2O2S. The molecule has 0 aromatic heterocycles. The highest BCUT2D eigenvalue weighted by atomic mass is 32.2. The zero-order valence-corrected chi connectivity index (χ0v) is 14.6. The fourth-order valence-corrected chi connectivity index (χ4v) is 4.26. The maximum atomic E-state index is 12.8. The smallest absolute Gasteiger partial charge is 0.243 e. The number of piperidine rings is 1. The minimum Gasteiger partial charge on any atom is -0.290 e. The summed E-state index contributed by atoms with van der Waals surface area (Å²) in [5.74, 6) is 0.744. The maximum absolute atomic E-state index is 12.8. The largest absolute Gasteiger partial charge is 0.290 e. The molecule has 3 rings (SSSR count). The Morgan fingerprint density at radius 1 is 1.09 bits per heavy atom. The molecule has 5 heteroatoms. The van der Waals surface area contributed by atoms with Crippen molar-refractivity contribution >= 4 is 20.8 Å². The Kier molecular flexibility index (Phi) is 4.71. The molecule has 0 atom stereocenters. The van der Waals surface area contributed by atoms with E-state index < -0.39 is 10.0 Å². The first kappa shape index (κ1) is 16.4. The fraction of sp³-hybridized carbons (Fsp3) is 0.444. The highest BCUT2D eigenvalue weighted by Gasteiger charge is 2.24. The lowest BCUT2D eigenvalue weighted by Crippen LogP contribution is -2.42. The van der Waals surface area contributed by atoms with Crippen LogP contribution in [0.3, 0.4) is 0 Å². The van der Waals surface area contributed by atoms with Crippen molar-refractivity contribution in [2.24, 2.45) is 5.92 Å². The molecule has 2 aromatic rings. The van der Waals surface area contributed by atoms with Gasteiger partial charge in [-0.05, 0) is 54.8 Å². The molecule has 0 aliphatic carbocycles. The molecule has 23 heavy (non-hydrogen) atoms. The molecule has 124 valence electrons. The number of hydrogen-bond donors (Lipinski definition) is 0. The van der Waals surface area contributed by atoms with Gasteiger partial charge in [0, 0.05) is 7.05 Å². The molecule has 0 N–H and O–H groups in total. The molecule has 0 radical (unpaired) electrons. The predicted molar refractivity (Wildman–Crippen MR) is 93.7 cm³/mol. The SMILES string of the molecule is CC1CCN(CN(C)S(=O)(=O)c2ccc3ccccc3c2)CC1. The third kappa shape index (κ3) is 3.57. The van der Waals surface area contributed by atoms with E-state index >= 15 is 0 Å². The van der Waals surface area contributed by atoms with Crippen molar-refractivity contribution in [1.82, 2.24) is 9.21 Å². The van der Waals surface area contributed by atoms with Crippen molar-refractivity contribution < 1.29 is 8.42 Å². The van der Waals surface area contributed by atoms with Crippen molar-refractivity contribution in [3.8, 4) is 0 Å². The zero-order valence-electron chi connectivity index (χ0n) is 13.8. The summed E-state index contributed by atoms with van der Waals surface area (Å²) in [7, 11) is -1.78. The number of hydrogen-bond acceptors (Lipinski definition) is 3. The van der Waals surface area contributed by atoms with Gasteiger partial charge in [-0.1, -0.05) is 37.3 Å². The summed E-state index contributed by atoms with van der Waals surface area (Å²) >= 11 is 0. The summed E-state index contributed by atoms with van der Waals surface area (Å²) in [6, 6.07) is 13.2. The van der Waals surface area contributed by atoms with Crippen LogP contribution in [0, 0.1) is 5.92 Å². The first-order valence-corrected chi connectivity index (χ1v) is 9.58. The Labute approximate surface area is 138 Å². The molecule has 1 aliphatic rings. The van der Waals surface area contributed by atoms with Gasteiger partial charge in [0.15, 0.2) is 0 Å². The third-order valence-corrected chi connectivity index (χ3v) is 6.49. The minimum absolute atomic E-state index is 0.365. The molecule has 2 aromatic carbocycles. The van der Waals surface area contributed by atoms with Crippen LogP contribution in [0.1, 0.15) is 19.8 Å². The van der Waals surface area contributed by atoms with E-state index in [4.69, 9.17) is 0 Å². The number of benzene rings is 2. The topological polar surface area (TPSA) is 40.6 Å². The van der Waals surface area contributed by atoms with Gasteiger partial charge in [0.25, 0.3) is 0 Å². The van der Waals surface area contributed by atoms with Crippen molar-refractivity contribution in [2.75, 3.05) is 26.8 Å². The Morgan fingerprint density at radius 2 is 1.74 bits per heavy atom. The highest BCUT2D eigenvalue weighted by molar-refractivity contribution is 7.89. The van der Waals surface area contributed by atoms with E-state index in [1.54, 1.807) is 19.2 Å². The van der Waals surface area contributed by atoms with E-state index in [9.17, 15) is 8.42 Å². The van der Waals surface area contributed by atoms with Crippen LogP contribution in [0.25, 0.3) is 10.8 Å². The van der Waals surface area contributed by atoms with Crippen molar-refractivity contribution in [3.05, 3.63) is 42.5 Å². The number of rotatable bonds is 4. The van der Waals surface area contributed by atoms with Gasteiger partial charge < -0.3 is 0 Å². The van der Waals surface area contributed by atoms with Crippen LogP contribution in [0.2, 0.25) is 0 Å². The average Bonchev–Trinajstić information content (AvgIpc) is 2.56. The fourth-order valence-electron chi connectivity index (χ4n) is 3.07. The lowest BCUT2D eigenvalue weighted by atomic mass is 10.00. The lowest BCUT2D eigenvalue weighted by Gasteiger charge is -2.32. The molecule has 1 aliphatic heterocycles. The van der Waals surface area contributed by atoms with E-state index in [1.165, 1.54) is 4.31 Å². The summed E-state index contributed by atoms with van der Waals surface area (Å²) in [5.41, 5.74) is 0. The molecule has 4 nitrogen and oxygen atoms in total. The Hall–Kier alpha value is -1.43. The standard InChI is InChI=1S/C18H24N2O2S/c1-15-9-11-20(12-10-15)14-19(2)23(21,22)18-8-7-16-5-3-4-6-17(16)13-18/h3-8,13,15H,9-12,14H2,1-2H3. The van der Waals surface area contributed by atoms with Crippen LogP contribution in [0.15, 0.2) is 47.4 Å². The molecule has 0 unspecified atom stereocenters. The third-order valence-electron chi connectivity index (χ3n) is 4.70. The van der Waals surface area contributed by atoms with E-state index in [1.807, 2.05) is 30.3 Å². The summed E-state index contributed by atoms with van der Waals surface area (Å²) in [6.45, 7) is 4.66. The summed E-state index contributed by atoms with van der Waals surface area (Å²) in [5, 5.41) is 2.01. The second-order valence-corrected chi connectivity index (χ2v) is 8.60. The molecular weight excluding hydrogens is 308 g/mol. The van der Waals surface area contributed by atoms with Crippen molar-refractivity contribution in [3.63, 3.8) is 0 Å². The van der Waals surface area contributed by atoms with Crippen LogP contribution >= 0.6 is 0 Å². The molecule has 0 bridgehead atoms. The van der Waals surface area contributed by atoms with Gasteiger partial charge in [-0.15, -0.1) is 0 Å². The van der Waals surface area contributed by atoms with Gasteiger partial charge in [-0.3, -0.25) is 4.90 Å². The summed E-state index contributed by atoms with van der Waals surface area (Å²) < 4.78 is 27.1. The van der Waals surface area contributed by atoms with Gasteiger partial charge in [-0.25, -0.2) is 8.42 Å². The Bertz CT molecular complexity index is 780.